The number of nitrogens with zero attached hydrogens (tertiary/aromatic N) is 2. The molecule has 148 valence electrons. The zero-order valence-electron chi connectivity index (χ0n) is 16.1. The molecule has 1 aliphatic carbocycles. The van der Waals surface area contributed by atoms with Crippen molar-refractivity contribution in [3.63, 3.8) is 0 Å². The summed E-state index contributed by atoms with van der Waals surface area (Å²) in [5, 5.41) is 15.0. The standard InChI is InChI=1S/C23H19N5O2/c24-19-6-3-15-10-16(4-5-17(15)19)28-21-18-7-9-26-13-20(18)30-22(21)23(29)27-12-14-2-1-8-25-11-14/h1-2,4-5,7-11,13,24,28H,3,6,12H2,(H,27,29). The number of carbonyl (C=O) groups is 1. The third-order valence-corrected chi connectivity index (χ3v) is 5.22. The number of hydrogen-bond donors (Lipinski definition) is 3. The molecule has 0 saturated heterocycles. The van der Waals surface area contributed by atoms with Crippen molar-refractivity contribution in [2.75, 3.05) is 5.32 Å². The molecule has 7 nitrogen and oxygen atoms in total. The van der Waals surface area contributed by atoms with Gasteiger partial charge in [-0.2, -0.15) is 0 Å². The van der Waals surface area contributed by atoms with Crippen LogP contribution in [0.4, 0.5) is 11.4 Å². The van der Waals surface area contributed by atoms with E-state index in [0.717, 1.165) is 40.6 Å². The molecule has 0 atom stereocenters. The van der Waals surface area contributed by atoms with Crippen LogP contribution < -0.4 is 10.6 Å². The summed E-state index contributed by atoms with van der Waals surface area (Å²) in [7, 11) is 0. The number of furan rings is 1. The number of nitrogens with one attached hydrogen (secondary N) is 3. The van der Waals surface area contributed by atoms with Crippen LogP contribution in [-0.2, 0) is 13.0 Å². The number of benzene rings is 1. The van der Waals surface area contributed by atoms with E-state index in [9.17, 15) is 4.79 Å². The van der Waals surface area contributed by atoms with E-state index in [1.165, 1.54) is 0 Å². The molecule has 0 fully saturated rings. The summed E-state index contributed by atoms with van der Waals surface area (Å²) >= 11 is 0. The second-order valence-corrected chi connectivity index (χ2v) is 7.20. The van der Waals surface area contributed by atoms with Crippen LogP contribution in [0.15, 0.2) is 65.6 Å². The predicted octanol–water partition coefficient (Wildman–Crippen LogP) is 4.21. The first kappa shape index (κ1) is 18.1. The van der Waals surface area contributed by atoms with Crippen LogP contribution in [0.1, 0.15) is 33.7 Å². The molecule has 0 unspecified atom stereocenters. The minimum Gasteiger partial charge on any atom is -0.447 e. The van der Waals surface area contributed by atoms with Crippen molar-refractivity contribution >= 4 is 34.0 Å². The van der Waals surface area contributed by atoms with E-state index in [1.807, 2.05) is 36.4 Å². The lowest BCUT2D eigenvalue weighted by Gasteiger charge is -2.10. The molecule has 1 aromatic carbocycles. The highest BCUT2D eigenvalue weighted by molar-refractivity contribution is 6.07. The molecule has 0 aliphatic heterocycles. The lowest BCUT2D eigenvalue weighted by atomic mass is 10.1. The van der Waals surface area contributed by atoms with Crippen molar-refractivity contribution in [3.8, 4) is 0 Å². The smallest absolute Gasteiger partial charge is 0.289 e. The first-order valence-corrected chi connectivity index (χ1v) is 9.70. The van der Waals surface area contributed by atoms with Gasteiger partial charge in [0.1, 0.15) is 0 Å². The second kappa shape index (κ2) is 7.44. The van der Waals surface area contributed by atoms with E-state index in [1.54, 1.807) is 24.8 Å². The molecule has 0 spiro atoms. The number of aryl methyl sites for hydroxylation is 1. The number of amides is 1. The zero-order valence-corrected chi connectivity index (χ0v) is 16.1. The highest BCUT2D eigenvalue weighted by atomic mass is 16.3. The maximum atomic E-state index is 12.9. The Morgan fingerprint density at radius 2 is 2.00 bits per heavy atom. The molecule has 0 radical (unpaired) electrons. The van der Waals surface area contributed by atoms with E-state index < -0.39 is 0 Å². The Labute approximate surface area is 172 Å². The fourth-order valence-corrected chi connectivity index (χ4v) is 3.71. The number of fused-ring (bicyclic) bond motifs is 2. The van der Waals surface area contributed by atoms with E-state index in [4.69, 9.17) is 9.83 Å². The number of pyridine rings is 2. The van der Waals surface area contributed by atoms with Gasteiger partial charge in [0.15, 0.2) is 5.58 Å². The minimum atomic E-state index is -0.319. The molecule has 0 bridgehead atoms. The lowest BCUT2D eigenvalue weighted by molar-refractivity contribution is 0.0926. The van der Waals surface area contributed by atoms with E-state index in [2.05, 4.69) is 20.6 Å². The first-order chi connectivity index (χ1) is 14.7. The second-order valence-electron chi connectivity index (χ2n) is 7.20. The Morgan fingerprint density at radius 3 is 2.87 bits per heavy atom. The first-order valence-electron chi connectivity index (χ1n) is 9.70. The van der Waals surface area contributed by atoms with Crippen molar-refractivity contribution in [1.82, 2.24) is 15.3 Å². The normalized spacial score (nSPS) is 12.7. The highest BCUT2D eigenvalue weighted by Crippen LogP contribution is 2.34. The van der Waals surface area contributed by atoms with Crippen LogP contribution in [0.2, 0.25) is 0 Å². The Morgan fingerprint density at radius 1 is 1.10 bits per heavy atom. The van der Waals surface area contributed by atoms with E-state index in [-0.39, 0.29) is 11.7 Å². The predicted molar refractivity (Wildman–Crippen MR) is 114 cm³/mol. The average Bonchev–Trinajstić information content (AvgIpc) is 3.33. The van der Waals surface area contributed by atoms with Crippen LogP contribution in [0.5, 0.6) is 0 Å². The largest absolute Gasteiger partial charge is 0.447 e. The fourth-order valence-electron chi connectivity index (χ4n) is 3.71. The van der Waals surface area contributed by atoms with Gasteiger partial charge < -0.3 is 20.5 Å². The molecular weight excluding hydrogens is 378 g/mol. The molecular formula is C23H19N5O2. The average molecular weight is 397 g/mol. The molecule has 7 heteroatoms. The summed E-state index contributed by atoms with van der Waals surface area (Å²) in [5.41, 5.74) is 5.70. The van der Waals surface area contributed by atoms with Crippen LogP contribution in [0.25, 0.3) is 11.0 Å². The Bertz CT molecular complexity index is 1260. The Balaban J connectivity index is 1.46. The monoisotopic (exact) mass is 397 g/mol. The number of anilines is 2. The van der Waals surface area contributed by atoms with Crippen molar-refractivity contribution in [2.24, 2.45) is 0 Å². The van der Waals surface area contributed by atoms with Gasteiger partial charge in [-0.3, -0.25) is 14.8 Å². The van der Waals surface area contributed by atoms with Gasteiger partial charge in [0.2, 0.25) is 5.76 Å². The van der Waals surface area contributed by atoms with Gasteiger partial charge in [0, 0.05) is 41.9 Å². The van der Waals surface area contributed by atoms with Crippen molar-refractivity contribution in [3.05, 3.63) is 83.6 Å². The summed E-state index contributed by atoms with van der Waals surface area (Å²) in [6.07, 6.45) is 8.30. The van der Waals surface area contributed by atoms with Crippen molar-refractivity contribution < 1.29 is 9.21 Å². The molecule has 1 amide bonds. The topological polar surface area (TPSA) is 104 Å². The van der Waals surface area contributed by atoms with Crippen LogP contribution in [-0.4, -0.2) is 21.6 Å². The van der Waals surface area contributed by atoms with Gasteiger partial charge in [-0.1, -0.05) is 12.1 Å². The summed E-state index contributed by atoms with van der Waals surface area (Å²) in [6.45, 7) is 0.350. The van der Waals surface area contributed by atoms with Gasteiger partial charge in [-0.05, 0) is 53.8 Å². The van der Waals surface area contributed by atoms with E-state index >= 15 is 0 Å². The van der Waals surface area contributed by atoms with Gasteiger partial charge in [-0.15, -0.1) is 0 Å². The van der Waals surface area contributed by atoms with Gasteiger partial charge in [0.25, 0.3) is 5.91 Å². The Kier molecular flexibility index (Phi) is 4.48. The summed E-state index contributed by atoms with van der Waals surface area (Å²) in [6, 6.07) is 11.5. The maximum absolute atomic E-state index is 12.9. The van der Waals surface area contributed by atoms with Crippen LogP contribution in [0, 0.1) is 5.41 Å². The number of hydrogen-bond acceptors (Lipinski definition) is 6. The third kappa shape index (κ3) is 3.30. The SMILES string of the molecule is N=C1CCc2cc(Nc3c(C(=O)NCc4cccnc4)oc4cnccc34)ccc21. The lowest BCUT2D eigenvalue weighted by Crippen LogP contribution is -2.23. The van der Waals surface area contributed by atoms with Gasteiger partial charge in [0.05, 0.1) is 11.9 Å². The number of aromatic nitrogens is 2. The summed E-state index contributed by atoms with van der Waals surface area (Å²) < 4.78 is 5.84. The number of carbonyl (C=O) groups excluding carboxylic acids is 1. The number of rotatable bonds is 5. The van der Waals surface area contributed by atoms with Gasteiger partial charge in [-0.25, -0.2) is 0 Å². The third-order valence-electron chi connectivity index (χ3n) is 5.22. The fraction of sp³-hybridized carbons (Fsp3) is 0.130. The highest BCUT2D eigenvalue weighted by Gasteiger charge is 2.22. The molecule has 4 aromatic rings. The summed E-state index contributed by atoms with van der Waals surface area (Å²) in [4.78, 5) is 21.1. The van der Waals surface area contributed by atoms with Crippen molar-refractivity contribution in [2.45, 2.75) is 19.4 Å². The maximum Gasteiger partial charge on any atom is 0.289 e. The zero-order chi connectivity index (χ0) is 20.5. The van der Waals surface area contributed by atoms with Crippen LogP contribution in [0.3, 0.4) is 0 Å². The van der Waals surface area contributed by atoms with Crippen LogP contribution >= 0.6 is 0 Å². The quantitative estimate of drug-likeness (QED) is 0.468. The molecule has 0 saturated carbocycles. The molecule has 1 aliphatic rings. The van der Waals surface area contributed by atoms with E-state index in [0.29, 0.717) is 23.5 Å². The molecule has 3 aromatic heterocycles. The van der Waals surface area contributed by atoms with Gasteiger partial charge >= 0.3 is 0 Å². The molecule has 30 heavy (non-hydrogen) atoms. The summed E-state index contributed by atoms with van der Waals surface area (Å²) in [5.74, 6) is -0.115. The minimum absolute atomic E-state index is 0.204. The Hall–Kier alpha value is -4.00. The molecule has 5 rings (SSSR count). The molecule has 3 N–H and O–H groups in total. The molecule has 3 heterocycles. The van der Waals surface area contributed by atoms with Crippen molar-refractivity contribution in [1.29, 1.82) is 5.41 Å².